The summed E-state index contributed by atoms with van der Waals surface area (Å²) in [5.74, 6) is 0.446. The van der Waals surface area contributed by atoms with Crippen LogP contribution in [0.3, 0.4) is 0 Å². The number of hydrogen-bond acceptors (Lipinski definition) is 6. The number of aromatic nitrogens is 3. The van der Waals surface area contributed by atoms with Crippen molar-refractivity contribution in [3.63, 3.8) is 0 Å². The molecule has 0 saturated carbocycles. The molecule has 0 bridgehead atoms. The number of likely N-dealkylation sites (tertiary alicyclic amines) is 1. The van der Waals surface area contributed by atoms with E-state index in [0.29, 0.717) is 57.0 Å². The lowest BCUT2D eigenvalue weighted by Gasteiger charge is -2.43. The predicted molar refractivity (Wildman–Crippen MR) is 98.6 cm³/mol. The van der Waals surface area contributed by atoms with Gasteiger partial charge in [0.05, 0.1) is 25.0 Å². The highest BCUT2D eigenvalue weighted by Crippen LogP contribution is 2.42. The van der Waals surface area contributed by atoms with Crippen LogP contribution in [-0.4, -0.2) is 69.7 Å². The van der Waals surface area contributed by atoms with E-state index in [0.717, 1.165) is 11.4 Å². The van der Waals surface area contributed by atoms with Gasteiger partial charge in [-0.15, -0.1) is 0 Å². The van der Waals surface area contributed by atoms with Gasteiger partial charge in [0.1, 0.15) is 11.3 Å². The highest BCUT2D eigenvalue weighted by Gasteiger charge is 2.52. The van der Waals surface area contributed by atoms with Gasteiger partial charge in [-0.3, -0.25) is 9.59 Å². The zero-order valence-corrected chi connectivity index (χ0v) is 16.5. The zero-order valence-electron chi connectivity index (χ0n) is 16.5. The number of amides is 2. The quantitative estimate of drug-likeness (QED) is 0.773. The summed E-state index contributed by atoms with van der Waals surface area (Å²) in [6.07, 6.45) is 3.49. The maximum atomic E-state index is 13.3. The maximum Gasteiger partial charge on any atom is 0.276 e. The molecule has 2 aliphatic rings. The van der Waals surface area contributed by atoms with E-state index in [1.807, 2.05) is 21.4 Å². The molecule has 28 heavy (non-hydrogen) atoms. The summed E-state index contributed by atoms with van der Waals surface area (Å²) >= 11 is 0. The number of ether oxygens (including phenoxy) is 1. The summed E-state index contributed by atoms with van der Waals surface area (Å²) < 4.78 is 12.2. The molecule has 150 valence electrons. The summed E-state index contributed by atoms with van der Waals surface area (Å²) in [7, 11) is 3.55. The molecule has 0 aromatic carbocycles. The molecule has 2 amide bonds. The van der Waals surface area contributed by atoms with Crippen molar-refractivity contribution in [2.24, 2.45) is 7.05 Å². The molecular formula is C19H25N5O4. The van der Waals surface area contributed by atoms with Gasteiger partial charge in [0.15, 0.2) is 5.69 Å². The SMILES string of the molecule is COCCC(=O)N1CCC2(C1)c1ncn(C)c1CCN2C(=O)c1cc(C)on1. The van der Waals surface area contributed by atoms with Gasteiger partial charge in [-0.1, -0.05) is 5.16 Å². The monoisotopic (exact) mass is 387 g/mol. The van der Waals surface area contributed by atoms with Crippen LogP contribution in [0.5, 0.6) is 0 Å². The van der Waals surface area contributed by atoms with Crippen LogP contribution in [0.2, 0.25) is 0 Å². The molecule has 1 unspecified atom stereocenters. The molecule has 0 N–H and O–H groups in total. The van der Waals surface area contributed by atoms with Crippen molar-refractivity contribution in [2.45, 2.75) is 31.7 Å². The molecule has 1 spiro atoms. The molecule has 1 fully saturated rings. The fourth-order valence-corrected chi connectivity index (χ4v) is 4.37. The first-order chi connectivity index (χ1) is 13.5. The van der Waals surface area contributed by atoms with Crippen molar-refractivity contribution in [3.8, 4) is 0 Å². The molecule has 1 saturated heterocycles. The predicted octanol–water partition coefficient (Wildman–Crippen LogP) is 0.879. The van der Waals surface area contributed by atoms with Gasteiger partial charge in [0, 0.05) is 52.0 Å². The van der Waals surface area contributed by atoms with Crippen molar-refractivity contribution < 1.29 is 18.8 Å². The Morgan fingerprint density at radius 1 is 1.36 bits per heavy atom. The van der Waals surface area contributed by atoms with Crippen LogP contribution < -0.4 is 0 Å². The largest absolute Gasteiger partial charge is 0.384 e. The van der Waals surface area contributed by atoms with Gasteiger partial charge in [-0.25, -0.2) is 4.98 Å². The van der Waals surface area contributed by atoms with Gasteiger partial charge in [0.2, 0.25) is 5.91 Å². The summed E-state index contributed by atoms with van der Waals surface area (Å²) in [6.45, 7) is 3.72. The fourth-order valence-electron chi connectivity index (χ4n) is 4.37. The van der Waals surface area contributed by atoms with E-state index >= 15 is 0 Å². The Morgan fingerprint density at radius 2 is 2.18 bits per heavy atom. The second-order valence-electron chi connectivity index (χ2n) is 7.52. The number of nitrogens with zero attached hydrogens (tertiary/aromatic N) is 5. The van der Waals surface area contributed by atoms with Crippen LogP contribution in [-0.2, 0) is 28.5 Å². The van der Waals surface area contributed by atoms with Gasteiger partial charge >= 0.3 is 0 Å². The number of hydrogen-bond donors (Lipinski definition) is 0. The minimum absolute atomic E-state index is 0.0338. The van der Waals surface area contributed by atoms with E-state index < -0.39 is 5.54 Å². The molecule has 2 aromatic heterocycles. The van der Waals surface area contributed by atoms with Crippen molar-refractivity contribution in [1.82, 2.24) is 24.5 Å². The van der Waals surface area contributed by atoms with E-state index in [4.69, 9.17) is 9.26 Å². The standard InChI is InChI=1S/C19H25N5O4/c1-13-10-14(21-28-13)18(26)24-7-4-15-17(20-12-22(15)2)19(24)6-8-23(11-19)16(25)5-9-27-3/h10,12H,4-9,11H2,1-3H3. The Balaban J connectivity index is 1.69. The minimum atomic E-state index is -0.637. The lowest BCUT2D eigenvalue weighted by atomic mass is 9.85. The van der Waals surface area contributed by atoms with Crippen LogP contribution in [0.15, 0.2) is 16.9 Å². The Labute approximate surface area is 163 Å². The Morgan fingerprint density at radius 3 is 2.89 bits per heavy atom. The summed E-state index contributed by atoms with van der Waals surface area (Å²) in [4.78, 5) is 34.2. The maximum absolute atomic E-state index is 13.3. The molecule has 0 aliphatic carbocycles. The van der Waals surface area contributed by atoms with Crippen molar-refractivity contribution in [2.75, 3.05) is 33.4 Å². The summed E-state index contributed by atoms with van der Waals surface area (Å²) in [5, 5.41) is 3.91. The van der Waals surface area contributed by atoms with E-state index in [1.165, 1.54) is 0 Å². The molecule has 0 radical (unpaired) electrons. The lowest BCUT2D eigenvalue weighted by Crippen LogP contribution is -2.55. The second kappa shape index (κ2) is 7.05. The Bertz CT molecular complexity index is 904. The number of carbonyl (C=O) groups excluding carboxylic acids is 2. The summed E-state index contributed by atoms with van der Waals surface area (Å²) in [5.41, 5.74) is 1.66. The first kappa shape index (κ1) is 18.7. The van der Waals surface area contributed by atoms with Gasteiger partial charge in [-0.05, 0) is 13.3 Å². The van der Waals surface area contributed by atoms with E-state index in [-0.39, 0.29) is 11.8 Å². The van der Waals surface area contributed by atoms with E-state index in [9.17, 15) is 9.59 Å². The van der Waals surface area contributed by atoms with Gasteiger partial charge in [-0.2, -0.15) is 0 Å². The molecule has 9 nitrogen and oxygen atoms in total. The average molecular weight is 387 g/mol. The number of fused-ring (bicyclic) bond motifs is 2. The van der Waals surface area contributed by atoms with E-state index in [2.05, 4.69) is 10.1 Å². The molecule has 2 aliphatic heterocycles. The van der Waals surface area contributed by atoms with Crippen molar-refractivity contribution in [1.29, 1.82) is 0 Å². The lowest BCUT2D eigenvalue weighted by molar-refractivity contribution is -0.131. The number of aryl methyl sites for hydroxylation is 2. The highest BCUT2D eigenvalue weighted by atomic mass is 16.5. The first-order valence-electron chi connectivity index (χ1n) is 9.49. The zero-order chi connectivity index (χ0) is 19.9. The number of methoxy groups -OCH3 is 1. The molecule has 2 aromatic rings. The number of imidazole rings is 1. The molecule has 4 rings (SSSR count). The fraction of sp³-hybridized carbons (Fsp3) is 0.579. The van der Waals surface area contributed by atoms with Gasteiger partial charge in [0.25, 0.3) is 5.91 Å². The number of carbonyl (C=O) groups is 2. The third-order valence-corrected chi connectivity index (χ3v) is 5.80. The minimum Gasteiger partial charge on any atom is -0.384 e. The smallest absolute Gasteiger partial charge is 0.276 e. The Kier molecular flexibility index (Phi) is 4.70. The van der Waals surface area contributed by atoms with Crippen LogP contribution in [0.4, 0.5) is 0 Å². The highest BCUT2D eigenvalue weighted by molar-refractivity contribution is 5.93. The normalized spacial score (nSPS) is 21.4. The third-order valence-electron chi connectivity index (χ3n) is 5.80. The average Bonchev–Trinajstić information content (AvgIpc) is 3.40. The van der Waals surface area contributed by atoms with Crippen LogP contribution in [0.25, 0.3) is 0 Å². The number of rotatable bonds is 4. The molecular weight excluding hydrogens is 362 g/mol. The van der Waals surface area contributed by atoms with Crippen LogP contribution >= 0.6 is 0 Å². The van der Waals surface area contributed by atoms with Crippen molar-refractivity contribution in [3.05, 3.63) is 35.2 Å². The summed E-state index contributed by atoms with van der Waals surface area (Å²) in [6, 6.07) is 1.65. The molecule has 1 atom stereocenters. The molecule has 9 heteroatoms. The third kappa shape index (κ3) is 2.90. The van der Waals surface area contributed by atoms with Gasteiger partial charge < -0.3 is 23.6 Å². The Hall–Kier alpha value is -2.68. The van der Waals surface area contributed by atoms with Crippen LogP contribution in [0, 0.1) is 6.92 Å². The van der Waals surface area contributed by atoms with Crippen molar-refractivity contribution >= 4 is 11.8 Å². The van der Waals surface area contributed by atoms with E-state index in [1.54, 1.807) is 26.4 Å². The second-order valence-corrected chi connectivity index (χ2v) is 7.52. The van der Waals surface area contributed by atoms with Crippen LogP contribution in [0.1, 0.15) is 40.5 Å². The topological polar surface area (TPSA) is 93.7 Å². The first-order valence-corrected chi connectivity index (χ1v) is 9.49. The molecule has 4 heterocycles.